The van der Waals surface area contributed by atoms with E-state index in [0.29, 0.717) is 26.4 Å². The van der Waals surface area contributed by atoms with Crippen LogP contribution in [0.2, 0.25) is 0 Å². The van der Waals surface area contributed by atoms with Gasteiger partial charge in [-0.15, -0.1) is 0 Å². The molecule has 0 spiro atoms. The Hall–Kier alpha value is -1.57. The van der Waals surface area contributed by atoms with Gasteiger partial charge in [-0.25, -0.2) is 4.79 Å². The molecule has 1 aromatic rings. The third-order valence-corrected chi connectivity index (χ3v) is 3.79. The lowest BCUT2D eigenvalue weighted by molar-refractivity contribution is -0.128. The third-order valence-electron chi connectivity index (χ3n) is 3.79. The van der Waals surface area contributed by atoms with Crippen LogP contribution >= 0.6 is 0 Å². The maximum absolute atomic E-state index is 11.8. The number of carbonyl (C=O) groups is 1. The maximum Gasteiger partial charge on any atom is 0.315 e. The minimum absolute atomic E-state index is 0.00625. The summed E-state index contributed by atoms with van der Waals surface area (Å²) < 4.78 is 21.5. The van der Waals surface area contributed by atoms with Crippen LogP contribution in [0.5, 0.6) is 0 Å². The minimum Gasteiger partial charge on any atom is -0.467 e. The van der Waals surface area contributed by atoms with E-state index in [2.05, 4.69) is 10.6 Å². The van der Waals surface area contributed by atoms with Crippen LogP contribution in [0.15, 0.2) is 22.8 Å². The zero-order valence-corrected chi connectivity index (χ0v) is 13.7. The number of furan rings is 1. The van der Waals surface area contributed by atoms with Gasteiger partial charge in [-0.05, 0) is 31.9 Å². The largest absolute Gasteiger partial charge is 0.467 e. The summed E-state index contributed by atoms with van der Waals surface area (Å²) in [7, 11) is 1.64. The zero-order valence-electron chi connectivity index (χ0n) is 13.7. The second-order valence-corrected chi connectivity index (χ2v) is 5.42. The van der Waals surface area contributed by atoms with Crippen LogP contribution in [0.4, 0.5) is 4.79 Å². The molecule has 3 atom stereocenters. The number of hydrogen-bond donors (Lipinski definition) is 2. The average Bonchev–Trinajstić information content (AvgIpc) is 3.03. The lowest BCUT2D eigenvalue weighted by Crippen LogP contribution is -2.62. The van der Waals surface area contributed by atoms with Crippen LogP contribution in [0.1, 0.15) is 25.5 Å². The Labute approximate surface area is 136 Å². The molecule has 1 aliphatic rings. The number of urea groups is 1. The van der Waals surface area contributed by atoms with Gasteiger partial charge in [0.05, 0.1) is 18.4 Å². The molecular formula is C16H26N2O5. The molecule has 2 N–H and O–H groups in total. The van der Waals surface area contributed by atoms with E-state index >= 15 is 0 Å². The predicted octanol–water partition coefficient (Wildman–Crippen LogP) is 1.68. The van der Waals surface area contributed by atoms with Gasteiger partial charge in [0.25, 0.3) is 0 Å². The van der Waals surface area contributed by atoms with E-state index in [-0.39, 0.29) is 24.3 Å². The van der Waals surface area contributed by atoms with Crippen molar-refractivity contribution in [1.29, 1.82) is 0 Å². The highest BCUT2D eigenvalue weighted by molar-refractivity contribution is 5.74. The van der Waals surface area contributed by atoms with Crippen molar-refractivity contribution >= 4 is 6.03 Å². The first-order valence-corrected chi connectivity index (χ1v) is 8.03. The van der Waals surface area contributed by atoms with Crippen molar-refractivity contribution in [3.63, 3.8) is 0 Å². The molecule has 1 aliphatic carbocycles. The molecule has 7 heteroatoms. The van der Waals surface area contributed by atoms with Gasteiger partial charge in [0.2, 0.25) is 0 Å². The summed E-state index contributed by atoms with van der Waals surface area (Å²) in [6, 6.07) is 3.52. The van der Waals surface area contributed by atoms with Crippen LogP contribution in [0, 0.1) is 0 Å². The lowest BCUT2D eigenvalue weighted by Gasteiger charge is -2.43. The zero-order chi connectivity index (χ0) is 16.5. The molecule has 130 valence electrons. The second kappa shape index (κ2) is 9.54. The van der Waals surface area contributed by atoms with Gasteiger partial charge >= 0.3 is 6.03 Å². The van der Waals surface area contributed by atoms with Crippen LogP contribution in [0.25, 0.3) is 0 Å². The SMILES string of the molecule is CCO[C@@H]1C[C@H](NC(=O)NCCCOCc2ccco2)[C@@H]1OC. The van der Waals surface area contributed by atoms with E-state index < -0.39 is 0 Å². The Morgan fingerprint density at radius 3 is 3.04 bits per heavy atom. The van der Waals surface area contributed by atoms with E-state index in [1.807, 2.05) is 19.1 Å². The van der Waals surface area contributed by atoms with Gasteiger partial charge in [-0.3, -0.25) is 0 Å². The van der Waals surface area contributed by atoms with Crippen molar-refractivity contribution < 1.29 is 23.4 Å². The monoisotopic (exact) mass is 326 g/mol. The number of ether oxygens (including phenoxy) is 3. The normalized spacial score (nSPS) is 23.3. The summed E-state index contributed by atoms with van der Waals surface area (Å²) in [4.78, 5) is 11.8. The maximum atomic E-state index is 11.8. The summed E-state index contributed by atoms with van der Waals surface area (Å²) >= 11 is 0. The summed E-state index contributed by atoms with van der Waals surface area (Å²) in [5.74, 6) is 0.801. The number of amides is 2. The fourth-order valence-electron chi connectivity index (χ4n) is 2.58. The van der Waals surface area contributed by atoms with E-state index in [1.165, 1.54) is 0 Å². The molecule has 0 aromatic carbocycles. The fraction of sp³-hybridized carbons (Fsp3) is 0.688. The minimum atomic E-state index is -0.182. The molecule has 2 amide bonds. The van der Waals surface area contributed by atoms with Crippen LogP contribution in [-0.2, 0) is 20.8 Å². The second-order valence-electron chi connectivity index (χ2n) is 5.42. The van der Waals surface area contributed by atoms with Gasteiger partial charge in [-0.1, -0.05) is 0 Å². The number of methoxy groups -OCH3 is 1. The molecule has 1 heterocycles. The lowest BCUT2D eigenvalue weighted by atomic mass is 9.85. The molecule has 1 aromatic heterocycles. The predicted molar refractivity (Wildman–Crippen MR) is 84.1 cm³/mol. The molecule has 7 nitrogen and oxygen atoms in total. The van der Waals surface area contributed by atoms with Gasteiger partial charge in [-0.2, -0.15) is 0 Å². The summed E-state index contributed by atoms with van der Waals surface area (Å²) in [6.07, 6.45) is 3.15. The first kappa shape index (κ1) is 17.8. The first-order chi connectivity index (χ1) is 11.2. The molecule has 23 heavy (non-hydrogen) atoms. The van der Waals surface area contributed by atoms with Gasteiger partial charge in [0, 0.05) is 26.9 Å². The first-order valence-electron chi connectivity index (χ1n) is 8.03. The molecular weight excluding hydrogens is 300 g/mol. The number of nitrogens with one attached hydrogen (secondary N) is 2. The van der Waals surface area contributed by atoms with Crippen molar-refractivity contribution in [2.75, 3.05) is 26.9 Å². The Morgan fingerprint density at radius 1 is 1.48 bits per heavy atom. The van der Waals surface area contributed by atoms with E-state index in [4.69, 9.17) is 18.6 Å². The van der Waals surface area contributed by atoms with Crippen LogP contribution in [-0.4, -0.2) is 51.1 Å². The smallest absolute Gasteiger partial charge is 0.315 e. The topological polar surface area (TPSA) is 82.0 Å². The molecule has 0 aliphatic heterocycles. The highest BCUT2D eigenvalue weighted by atomic mass is 16.5. The third kappa shape index (κ3) is 5.53. The Balaban J connectivity index is 1.50. The van der Waals surface area contributed by atoms with E-state index in [1.54, 1.807) is 13.4 Å². The van der Waals surface area contributed by atoms with Crippen molar-refractivity contribution in [1.82, 2.24) is 10.6 Å². The van der Waals surface area contributed by atoms with Gasteiger partial charge in [0.15, 0.2) is 0 Å². The number of carbonyl (C=O) groups excluding carboxylic acids is 1. The van der Waals surface area contributed by atoms with Crippen LogP contribution in [0.3, 0.4) is 0 Å². The van der Waals surface area contributed by atoms with E-state index in [0.717, 1.165) is 18.6 Å². The molecule has 2 rings (SSSR count). The summed E-state index contributed by atoms with van der Waals surface area (Å²) in [5.41, 5.74) is 0. The standard InChI is InChI=1S/C16H26N2O5/c1-3-22-14-10-13(15(14)20-2)18-16(19)17-7-5-8-21-11-12-6-4-9-23-12/h4,6,9,13-15H,3,5,7-8,10-11H2,1-2H3,(H2,17,18,19)/t13-,14+,15-/m0/s1. The summed E-state index contributed by atoms with van der Waals surface area (Å²) in [6.45, 7) is 4.19. The van der Waals surface area contributed by atoms with Crippen molar-refractivity contribution in [3.8, 4) is 0 Å². The highest BCUT2D eigenvalue weighted by Gasteiger charge is 2.42. The van der Waals surface area contributed by atoms with Crippen molar-refractivity contribution in [2.45, 2.75) is 44.6 Å². The molecule has 0 unspecified atom stereocenters. The average molecular weight is 326 g/mol. The molecule has 0 saturated heterocycles. The quantitative estimate of drug-likeness (QED) is 0.639. The van der Waals surface area contributed by atoms with Crippen molar-refractivity contribution in [2.24, 2.45) is 0 Å². The molecule has 1 fully saturated rings. The number of hydrogen-bond acceptors (Lipinski definition) is 5. The highest BCUT2D eigenvalue weighted by Crippen LogP contribution is 2.26. The van der Waals surface area contributed by atoms with Gasteiger partial charge in [0.1, 0.15) is 18.5 Å². The number of rotatable bonds is 10. The van der Waals surface area contributed by atoms with Crippen molar-refractivity contribution in [3.05, 3.63) is 24.2 Å². The molecule has 0 bridgehead atoms. The Bertz CT molecular complexity index is 451. The fourth-order valence-corrected chi connectivity index (χ4v) is 2.58. The van der Waals surface area contributed by atoms with Gasteiger partial charge < -0.3 is 29.3 Å². The molecule has 1 saturated carbocycles. The Morgan fingerprint density at radius 2 is 2.35 bits per heavy atom. The van der Waals surface area contributed by atoms with Crippen LogP contribution < -0.4 is 10.6 Å². The van der Waals surface area contributed by atoms with E-state index in [9.17, 15) is 4.79 Å². The summed E-state index contributed by atoms with van der Waals surface area (Å²) in [5, 5.41) is 5.73. The molecule has 0 radical (unpaired) electrons. The Kier molecular flexibility index (Phi) is 7.38.